The quantitative estimate of drug-likeness (QED) is 0.771. The van der Waals surface area contributed by atoms with E-state index in [4.69, 9.17) is 11.6 Å². The van der Waals surface area contributed by atoms with Crippen LogP contribution in [0.5, 0.6) is 0 Å². The van der Waals surface area contributed by atoms with Gasteiger partial charge in [-0.05, 0) is 27.9 Å². The maximum Gasteiger partial charge on any atom is 0.0711 e. The van der Waals surface area contributed by atoms with Gasteiger partial charge in [0.15, 0.2) is 0 Å². The van der Waals surface area contributed by atoms with Crippen LogP contribution in [0.4, 0.5) is 0 Å². The molecule has 2 nitrogen and oxygen atoms in total. The molecule has 0 N–H and O–H groups in total. The summed E-state index contributed by atoms with van der Waals surface area (Å²) in [5.74, 6) is 0.463. The van der Waals surface area contributed by atoms with Crippen LogP contribution in [0.15, 0.2) is 22.9 Å². The Labute approximate surface area is 96.0 Å². The highest BCUT2D eigenvalue weighted by Crippen LogP contribution is 2.27. The summed E-state index contributed by atoms with van der Waals surface area (Å²) in [5.41, 5.74) is 2.30. The van der Waals surface area contributed by atoms with Crippen LogP contribution in [0.25, 0.3) is 5.52 Å². The first-order chi connectivity index (χ1) is 6.59. The Hall–Kier alpha value is -0.540. The van der Waals surface area contributed by atoms with Crippen molar-refractivity contribution in [2.45, 2.75) is 19.8 Å². The summed E-state index contributed by atoms with van der Waals surface area (Å²) in [6.07, 6.45) is 3.77. The van der Waals surface area contributed by atoms with Gasteiger partial charge in [-0.25, -0.2) is 4.52 Å². The number of halogens is 2. The number of fused-ring (bicyclic) bond motifs is 1. The molecule has 0 atom stereocenters. The van der Waals surface area contributed by atoms with Crippen LogP contribution in [0, 0.1) is 0 Å². The fourth-order valence-electron chi connectivity index (χ4n) is 1.44. The zero-order chi connectivity index (χ0) is 10.3. The van der Waals surface area contributed by atoms with Crippen LogP contribution in [-0.2, 0) is 0 Å². The van der Waals surface area contributed by atoms with Crippen molar-refractivity contribution in [3.63, 3.8) is 0 Å². The predicted molar refractivity (Wildman–Crippen MR) is 62.0 cm³/mol. The number of rotatable bonds is 1. The topological polar surface area (TPSA) is 17.3 Å². The molecule has 2 aromatic rings. The molecule has 14 heavy (non-hydrogen) atoms. The fourth-order valence-corrected chi connectivity index (χ4v) is 1.90. The van der Waals surface area contributed by atoms with E-state index in [9.17, 15) is 0 Å². The van der Waals surface area contributed by atoms with Gasteiger partial charge in [-0.2, -0.15) is 5.10 Å². The average molecular weight is 274 g/mol. The molecule has 0 saturated heterocycles. The van der Waals surface area contributed by atoms with E-state index in [0.29, 0.717) is 5.92 Å². The minimum Gasteiger partial charge on any atom is -0.239 e. The number of nitrogens with zero attached hydrogens (tertiary/aromatic N) is 2. The molecule has 0 unspecified atom stereocenters. The molecular weight excluding hydrogens is 263 g/mol. The van der Waals surface area contributed by atoms with Crippen molar-refractivity contribution in [2.24, 2.45) is 0 Å². The first kappa shape index (κ1) is 9.99. The third-order valence-electron chi connectivity index (χ3n) is 2.21. The first-order valence-corrected chi connectivity index (χ1v) is 5.59. The van der Waals surface area contributed by atoms with Crippen LogP contribution in [0.1, 0.15) is 25.3 Å². The SMILES string of the molecule is CC(C)c1cnn2cc(Br)c(Cl)cc12. The van der Waals surface area contributed by atoms with E-state index in [2.05, 4.69) is 34.9 Å². The van der Waals surface area contributed by atoms with E-state index in [1.54, 1.807) is 0 Å². The molecule has 0 aliphatic rings. The van der Waals surface area contributed by atoms with Crippen molar-refractivity contribution in [3.05, 3.63) is 33.5 Å². The second kappa shape index (κ2) is 3.55. The van der Waals surface area contributed by atoms with Crippen LogP contribution in [-0.4, -0.2) is 9.61 Å². The lowest BCUT2D eigenvalue weighted by Crippen LogP contribution is -1.89. The molecule has 0 bridgehead atoms. The molecule has 0 saturated carbocycles. The molecule has 2 aromatic heterocycles. The number of aromatic nitrogens is 2. The van der Waals surface area contributed by atoms with E-state index in [0.717, 1.165) is 15.0 Å². The Kier molecular flexibility index (Phi) is 2.54. The lowest BCUT2D eigenvalue weighted by molar-refractivity contribution is 0.875. The second-order valence-electron chi connectivity index (χ2n) is 3.55. The van der Waals surface area contributed by atoms with Crippen molar-refractivity contribution in [3.8, 4) is 0 Å². The minimum atomic E-state index is 0.463. The molecule has 4 heteroatoms. The van der Waals surface area contributed by atoms with Gasteiger partial charge in [0, 0.05) is 11.8 Å². The number of pyridine rings is 1. The molecule has 2 rings (SSSR count). The molecule has 0 amide bonds. The summed E-state index contributed by atoms with van der Waals surface area (Å²) < 4.78 is 2.70. The monoisotopic (exact) mass is 272 g/mol. The zero-order valence-corrected chi connectivity index (χ0v) is 10.3. The van der Waals surface area contributed by atoms with E-state index in [-0.39, 0.29) is 0 Å². The Balaban J connectivity index is 2.74. The van der Waals surface area contributed by atoms with E-state index in [1.807, 2.05) is 23.0 Å². The molecule has 2 heterocycles. The van der Waals surface area contributed by atoms with Crippen LogP contribution in [0.3, 0.4) is 0 Å². The molecule has 0 aromatic carbocycles. The van der Waals surface area contributed by atoms with Crippen LogP contribution < -0.4 is 0 Å². The zero-order valence-electron chi connectivity index (χ0n) is 7.96. The van der Waals surface area contributed by atoms with E-state index < -0.39 is 0 Å². The van der Waals surface area contributed by atoms with Gasteiger partial charge in [-0.15, -0.1) is 0 Å². The highest BCUT2D eigenvalue weighted by atomic mass is 79.9. The van der Waals surface area contributed by atoms with E-state index in [1.165, 1.54) is 5.56 Å². The van der Waals surface area contributed by atoms with Crippen molar-refractivity contribution in [1.82, 2.24) is 9.61 Å². The molecule has 0 aliphatic heterocycles. The van der Waals surface area contributed by atoms with Gasteiger partial charge in [-0.3, -0.25) is 0 Å². The third-order valence-corrected chi connectivity index (χ3v) is 3.39. The average Bonchev–Trinajstić information content (AvgIpc) is 2.48. The summed E-state index contributed by atoms with van der Waals surface area (Å²) in [5, 5.41) is 4.99. The Bertz CT molecular complexity index is 476. The smallest absolute Gasteiger partial charge is 0.0711 e. The second-order valence-corrected chi connectivity index (χ2v) is 4.82. The van der Waals surface area contributed by atoms with Crippen molar-refractivity contribution in [1.29, 1.82) is 0 Å². The summed E-state index contributed by atoms with van der Waals surface area (Å²) in [7, 11) is 0. The van der Waals surface area contributed by atoms with E-state index >= 15 is 0 Å². The normalized spacial score (nSPS) is 11.5. The fraction of sp³-hybridized carbons (Fsp3) is 0.300. The van der Waals surface area contributed by atoms with Gasteiger partial charge < -0.3 is 0 Å². The molecular formula is C10H10BrClN2. The standard InChI is InChI=1S/C10H10BrClN2/c1-6(2)7-4-13-14-5-8(11)9(12)3-10(7)14/h3-6H,1-2H3. The maximum absolute atomic E-state index is 6.03. The maximum atomic E-state index is 6.03. The van der Waals surface area contributed by atoms with Gasteiger partial charge in [0.25, 0.3) is 0 Å². The van der Waals surface area contributed by atoms with Gasteiger partial charge in [0.1, 0.15) is 0 Å². The van der Waals surface area contributed by atoms with Crippen molar-refractivity contribution < 1.29 is 0 Å². The van der Waals surface area contributed by atoms with Gasteiger partial charge in [0.05, 0.1) is 21.2 Å². The van der Waals surface area contributed by atoms with Crippen LogP contribution in [0.2, 0.25) is 5.02 Å². The number of hydrogen-bond donors (Lipinski definition) is 0. The van der Waals surface area contributed by atoms with Gasteiger partial charge >= 0.3 is 0 Å². The van der Waals surface area contributed by atoms with Crippen molar-refractivity contribution in [2.75, 3.05) is 0 Å². The predicted octanol–water partition coefficient (Wildman–Crippen LogP) is 3.87. The minimum absolute atomic E-state index is 0.463. The Morgan fingerprint density at radius 3 is 2.86 bits per heavy atom. The summed E-state index contributed by atoms with van der Waals surface area (Å²) in [4.78, 5) is 0. The molecule has 0 spiro atoms. The van der Waals surface area contributed by atoms with Crippen LogP contribution >= 0.6 is 27.5 Å². The molecule has 0 radical (unpaired) electrons. The Morgan fingerprint density at radius 2 is 2.21 bits per heavy atom. The lowest BCUT2D eigenvalue weighted by atomic mass is 10.1. The third kappa shape index (κ3) is 1.55. The Morgan fingerprint density at radius 1 is 1.50 bits per heavy atom. The van der Waals surface area contributed by atoms with Crippen molar-refractivity contribution >= 4 is 33.0 Å². The molecule has 0 fully saturated rings. The lowest BCUT2D eigenvalue weighted by Gasteiger charge is -2.03. The first-order valence-electron chi connectivity index (χ1n) is 4.42. The largest absolute Gasteiger partial charge is 0.239 e. The molecule has 0 aliphatic carbocycles. The highest BCUT2D eigenvalue weighted by Gasteiger charge is 2.09. The summed E-state index contributed by atoms with van der Waals surface area (Å²) in [6, 6.07) is 1.94. The summed E-state index contributed by atoms with van der Waals surface area (Å²) >= 11 is 9.40. The number of hydrogen-bond acceptors (Lipinski definition) is 1. The van der Waals surface area contributed by atoms with Gasteiger partial charge in [-0.1, -0.05) is 25.4 Å². The summed E-state index contributed by atoms with van der Waals surface area (Å²) in [6.45, 7) is 4.29. The van der Waals surface area contributed by atoms with Gasteiger partial charge in [0.2, 0.25) is 0 Å². The highest BCUT2D eigenvalue weighted by molar-refractivity contribution is 9.10. The molecule has 74 valence electrons.